The van der Waals surface area contributed by atoms with Gasteiger partial charge in [-0.05, 0) is 58.8 Å². The molecule has 2 aliphatic rings. The summed E-state index contributed by atoms with van der Waals surface area (Å²) >= 11 is 3.45. The third kappa shape index (κ3) is 7.10. The fourth-order valence-electron chi connectivity index (χ4n) is 3.46. The van der Waals surface area contributed by atoms with Gasteiger partial charge < -0.3 is 25.2 Å². The average molecular weight is 532 g/mol. The zero-order chi connectivity index (χ0) is 23.8. The maximum atomic E-state index is 13.4. The van der Waals surface area contributed by atoms with E-state index in [9.17, 15) is 9.50 Å². The Hall–Kier alpha value is -2.79. The van der Waals surface area contributed by atoms with Gasteiger partial charge in [0, 0.05) is 42.8 Å². The molecule has 1 aromatic heterocycles. The number of nitrogens with zero attached hydrogens (tertiary/aromatic N) is 3. The van der Waals surface area contributed by atoms with Gasteiger partial charge in [0.25, 0.3) is 0 Å². The molecule has 1 aromatic carbocycles. The third-order valence-corrected chi connectivity index (χ3v) is 5.91. The molecule has 2 heterocycles. The molecule has 1 aliphatic carbocycles. The van der Waals surface area contributed by atoms with E-state index in [1.807, 2.05) is 12.1 Å². The van der Waals surface area contributed by atoms with Gasteiger partial charge in [0.2, 0.25) is 5.95 Å². The molecule has 10 heteroatoms. The van der Waals surface area contributed by atoms with Crippen molar-refractivity contribution < 1.29 is 19.0 Å². The van der Waals surface area contributed by atoms with Crippen LogP contribution in [0.5, 0.6) is 5.75 Å². The molecular weight excluding hydrogens is 505 g/mol. The summed E-state index contributed by atoms with van der Waals surface area (Å²) in [6.07, 6.45) is 8.55. The number of hydrogen-bond donors (Lipinski definition) is 3. The van der Waals surface area contributed by atoms with Crippen LogP contribution in [0.1, 0.15) is 12.0 Å². The van der Waals surface area contributed by atoms with Crippen LogP contribution in [0, 0.1) is 0 Å². The summed E-state index contributed by atoms with van der Waals surface area (Å²) in [4.78, 5) is 11.1. The van der Waals surface area contributed by atoms with Gasteiger partial charge in [-0.2, -0.15) is 4.98 Å². The molecule has 1 aliphatic heterocycles. The molecule has 4 rings (SSSR count). The van der Waals surface area contributed by atoms with Crippen LogP contribution in [0.25, 0.3) is 0 Å². The van der Waals surface area contributed by atoms with Crippen molar-refractivity contribution in [2.75, 3.05) is 50.1 Å². The van der Waals surface area contributed by atoms with Crippen molar-refractivity contribution in [3.63, 3.8) is 0 Å². The van der Waals surface area contributed by atoms with Crippen molar-refractivity contribution in [1.82, 2.24) is 14.9 Å². The number of rotatable bonds is 9. The van der Waals surface area contributed by atoms with E-state index in [4.69, 9.17) is 9.47 Å². The van der Waals surface area contributed by atoms with Gasteiger partial charge in [0.15, 0.2) is 0 Å². The van der Waals surface area contributed by atoms with E-state index in [-0.39, 0.29) is 11.6 Å². The van der Waals surface area contributed by atoms with E-state index < -0.39 is 0 Å². The van der Waals surface area contributed by atoms with E-state index in [0.29, 0.717) is 41.4 Å². The second-order valence-electron chi connectivity index (χ2n) is 7.81. The first kappa shape index (κ1) is 24.3. The summed E-state index contributed by atoms with van der Waals surface area (Å²) in [5.74, 6) is 0.813. The molecule has 0 spiro atoms. The standard InChI is InChI=1S/C24H27BrFN5O3/c25-21-15-27-24(30-23(21)28-19-3-1-2-18(26)4-5-19)29-20-6-7-22(32)17(14-20)16-34-13-10-31-8-11-33-12-9-31/h2-7,14-15,32H,1,8-13,16H2,(H2,27,28,29,30). The zero-order valence-corrected chi connectivity index (χ0v) is 20.2. The van der Waals surface area contributed by atoms with Crippen LogP contribution in [-0.4, -0.2) is 59.4 Å². The highest BCUT2D eigenvalue weighted by molar-refractivity contribution is 9.10. The average Bonchev–Trinajstić information content (AvgIpc) is 3.05. The van der Waals surface area contributed by atoms with E-state index in [2.05, 4.69) is 41.4 Å². The van der Waals surface area contributed by atoms with Crippen LogP contribution < -0.4 is 10.6 Å². The number of phenolic OH excluding ortho intramolecular Hbond substituents is 1. The first-order valence-corrected chi connectivity index (χ1v) is 11.9. The summed E-state index contributed by atoms with van der Waals surface area (Å²) in [5.41, 5.74) is 2.12. The van der Waals surface area contributed by atoms with E-state index in [1.54, 1.807) is 24.4 Å². The number of hydrogen-bond acceptors (Lipinski definition) is 8. The molecule has 34 heavy (non-hydrogen) atoms. The largest absolute Gasteiger partial charge is 0.508 e. The molecule has 180 valence electrons. The highest BCUT2D eigenvalue weighted by atomic mass is 79.9. The Bertz CT molecular complexity index is 1090. The molecule has 8 nitrogen and oxygen atoms in total. The first-order chi connectivity index (χ1) is 16.6. The van der Waals surface area contributed by atoms with Crippen LogP contribution in [0.4, 0.5) is 21.8 Å². The third-order valence-electron chi connectivity index (χ3n) is 5.33. The van der Waals surface area contributed by atoms with Crippen molar-refractivity contribution >= 4 is 33.4 Å². The minimum atomic E-state index is -0.273. The molecule has 0 saturated carbocycles. The van der Waals surface area contributed by atoms with E-state index >= 15 is 0 Å². The van der Waals surface area contributed by atoms with E-state index in [1.165, 1.54) is 12.2 Å². The van der Waals surface area contributed by atoms with E-state index in [0.717, 1.165) is 44.2 Å². The second kappa shape index (κ2) is 12.1. The summed E-state index contributed by atoms with van der Waals surface area (Å²) in [6, 6.07) is 5.17. The van der Waals surface area contributed by atoms with Crippen molar-refractivity contribution in [2.45, 2.75) is 13.0 Å². The number of nitrogens with one attached hydrogen (secondary N) is 2. The quantitative estimate of drug-likeness (QED) is 0.318. The molecular formula is C24H27BrFN5O3. The van der Waals surface area contributed by atoms with Crippen molar-refractivity contribution in [3.8, 4) is 5.75 Å². The Morgan fingerprint density at radius 2 is 2.03 bits per heavy atom. The van der Waals surface area contributed by atoms with Crippen molar-refractivity contribution in [1.29, 1.82) is 0 Å². The fourth-order valence-corrected chi connectivity index (χ4v) is 3.75. The van der Waals surface area contributed by atoms with Gasteiger partial charge in [0.1, 0.15) is 17.4 Å². The van der Waals surface area contributed by atoms with Gasteiger partial charge in [-0.25, -0.2) is 9.37 Å². The van der Waals surface area contributed by atoms with Crippen molar-refractivity contribution in [3.05, 3.63) is 70.3 Å². The lowest BCUT2D eigenvalue weighted by Crippen LogP contribution is -2.38. The van der Waals surface area contributed by atoms with Crippen LogP contribution in [0.2, 0.25) is 0 Å². The number of phenols is 1. The fraction of sp³-hybridized carbons (Fsp3) is 0.333. The number of morpholine rings is 1. The van der Waals surface area contributed by atoms with Crippen LogP contribution in [0.3, 0.4) is 0 Å². The lowest BCUT2D eigenvalue weighted by atomic mass is 10.2. The monoisotopic (exact) mass is 531 g/mol. The highest BCUT2D eigenvalue weighted by Crippen LogP contribution is 2.27. The molecule has 2 aromatic rings. The molecule has 0 amide bonds. The Morgan fingerprint density at radius 3 is 2.88 bits per heavy atom. The molecule has 0 bridgehead atoms. The summed E-state index contributed by atoms with van der Waals surface area (Å²) in [6.45, 7) is 5.05. The van der Waals surface area contributed by atoms with Gasteiger partial charge >= 0.3 is 0 Å². The zero-order valence-electron chi connectivity index (χ0n) is 18.6. The number of anilines is 3. The molecule has 1 fully saturated rings. The number of halogens is 2. The Balaban J connectivity index is 1.36. The Morgan fingerprint density at radius 1 is 1.18 bits per heavy atom. The van der Waals surface area contributed by atoms with Gasteiger partial charge in [0.05, 0.1) is 30.9 Å². The number of aromatic nitrogens is 2. The van der Waals surface area contributed by atoms with Gasteiger partial charge in [-0.1, -0.05) is 6.08 Å². The second-order valence-corrected chi connectivity index (χ2v) is 8.66. The first-order valence-electron chi connectivity index (χ1n) is 11.1. The predicted octanol–water partition coefficient (Wildman–Crippen LogP) is 4.65. The number of aromatic hydroxyl groups is 1. The number of ether oxygens (including phenoxy) is 2. The Kier molecular flexibility index (Phi) is 8.64. The molecule has 0 unspecified atom stereocenters. The lowest BCUT2D eigenvalue weighted by Gasteiger charge is -2.26. The summed E-state index contributed by atoms with van der Waals surface area (Å²) in [7, 11) is 0. The molecule has 0 radical (unpaired) electrons. The molecule has 3 N–H and O–H groups in total. The lowest BCUT2D eigenvalue weighted by molar-refractivity contribution is 0.0179. The predicted molar refractivity (Wildman–Crippen MR) is 133 cm³/mol. The minimum Gasteiger partial charge on any atom is -0.508 e. The Labute approximate surface area is 206 Å². The molecule has 0 atom stereocenters. The smallest absolute Gasteiger partial charge is 0.229 e. The SMILES string of the molecule is Oc1ccc(Nc2ncc(Br)c(NC3=CCC=C(F)C=C3)n2)cc1COCCN1CCOCC1. The highest BCUT2D eigenvalue weighted by Gasteiger charge is 2.11. The van der Waals surface area contributed by atoms with Gasteiger partial charge in [-0.3, -0.25) is 4.90 Å². The van der Waals surface area contributed by atoms with Gasteiger partial charge in [-0.15, -0.1) is 0 Å². The number of allylic oxidation sites excluding steroid dienone is 5. The van der Waals surface area contributed by atoms with Crippen LogP contribution in [-0.2, 0) is 16.1 Å². The van der Waals surface area contributed by atoms with Crippen LogP contribution >= 0.6 is 15.9 Å². The maximum absolute atomic E-state index is 13.4. The summed E-state index contributed by atoms with van der Waals surface area (Å²) in [5, 5.41) is 16.6. The van der Waals surface area contributed by atoms with Crippen molar-refractivity contribution in [2.24, 2.45) is 0 Å². The topological polar surface area (TPSA) is 91.8 Å². The van der Waals surface area contributed by atoms with Crippen LogP contribution in [0.15, 0.2) is 64.7 Å². The normalized spacial score (nSPS) is 16.5. The number of benzene rings is 1. The molecule has 1 saturated heterocycles. The maximum Gasteiger partial charge on any atom is 0.229 e. The summed E-state index contributed by atoms with van der Waals surface area (Å²) < 4.78 is 25.2. The minimum absolute atomic E-state index is 0.170.